The zero-order valence-electron chi connectivity index (χ0n) is 30.5. The van der Waals surface area contributed by atoms with Gasteiger partial charge in [-0.25, -0.2) is 57.1 Å². The summed E-state index contributed by atoms with van der Waals surface area (Å²) in [5.74, 6) is -11.2. The summed E-state index contributed by atoms with van der Waals surface area (Å²) in [6.07, 6.45) is 0. The molecule has 0 spiro atoms. The molecule has 0 heterocycles. The van der Waals surface area contributed by atoms with Crippen LogP contribution in [0.25, 0.3) is 0 Å². The van der Waals surface area contributed by atoms with Crippen molar-refractivity contribution < 1.29 is 57.1 Å². The van der Waals surface area contributed by atoms with Gasteiger partial charge in [-0.05, 0) is 133 Å². The van der Waals surface area contributed by atoms with Gasteiger partial charge >= 0.3 is 0 Å². The first kappa shape index (κ1) is 46.2. The summed E-state index contributed by atoms with van der Waals surface area (Å²) in [6, 6.07) is 9.14. The Bertz CT molecular complexity index is 1840. The number of rotatable bonds is 0. The quantitative estimate of drug-likeness (QED) is 0.109. The maximum Gasteiger partial charge on any atom is 0.165 e. The average molecular weight is 765 g/mol. The summed E-state index contributed by atoms with van der Waals surface area (Å²) in [5, 5.41) is 0. The van der Waals surface area contributed by atoms with E-state index in [1.807, 2.05) is 0 Å². The van der Waals surface area contributed by atoms with E-state index in [2.05, 4.69) is 0 Å². The molecule has 288 valence electrons. The van der Waals surface area contributed by atoms with Gasteiger partial charge in [-0.2, -0.15) is 0 Å². The molecule has 0 N–H and O–H groups in total. The van der Waals surface area contributed by atoms with E-state index in [-0.39, 0.29) is 28.3 Å². The minimum atomic E-state index is -1.33. The smallest absolute Gasteiger partial charge is 0.165 e. The van der Waals surface area contributed by atoms with E-state index in [0.717, 1.165) is 19.9 Å². The Morgan fingerprint density at radius 2 is 0.509 bits per heavy atom. The first-order valence-electron chi connectivity index (χ1n) is 15.5. The fourth-order valence-electron chi connectivity index (χ4n) is 3.92. The van der Waals surface area contributed by atoms with Crippen LogP contribution in [0.2, 0.25) is 0 Å². The molecule has 0 bridgehead atoms. The minimum Gasteiger partial charge on any atom is -0.207 e. The van der Waals surface area contributed by atoms with E-state index in [1.54, 1.807) is 19.1 Å². The lowest BCUT2D eigenvalue weighted by atomic mass is 10.1. The van der Waals surface area contributed by atoms with Gasteiger partial charge < -0.3 is 0 Å². The van der Waals surface area contributed by atoms with Crippen molar-refractivity contribution in [1.29, 1.82) is 0 Å². The summed E-state index contributed by atoms with van der Waals surface area (Å²) >= 11 is 0. The van der Waals surface area contributed by atoms with Crippen LogP contribution < -0.4 is 0 Å². The lowest BCUT2D eigenvalue weighted by Crippen LogP contribution is -2.02. The maximum atomic E-state index is 12.7. The molecule has 13 heteroatoms. The molecule has 0 fully saturated rings. The third kappa shape index (κ3) is 12.4. The van der Waals surface area contributed by atoms with Crippen molar-refractivity contribution in [3.63, 3.8) is 0 Å². The van der Waals surface area contributed by atoms with E-state index in [1.165, 1.54) is 72.7 Å². The fourth-order valence-corrected chi connectivity index (χ4v) is 3.92. The molecule has 0 aliphatic heterocycles. The zero-order valence-corrected chi connectivity index (χ0v) is 30.5. The van der Waals surface area contributed by atoms with Gasteiger partial charge in [0.05, 0.1) is 0 Å². The highest BCUT2D eigenvalue weighted by Crippen LogP contribution is 2.22. The molecule has 5 aromatic rings. The van der Waals surface area contributed by atoms with Crippen LogP contribution in [0, 0.1) is 145 Å². The summed E-state index contributed by atoms with van der Waals surface area (Å²) in [6.45, 7) is 13.7. The predicted molar refractivity (Wildman–Crippen MR) is 179 cm³/mol. The second-order valence-corrected chi connectivity index (χ2v) is 12.0. The van der Waals surface area contributed by atoms with Crippen molar-refractivity contribution in [2.45, 2.75) is 69.2 Å². The molecular weight excluding hydrogens is 727 g/mol. The van der Waals surface area contributed by atoms with E-state index in [4.69, 9.17) is 0 Å². The summed E-state index contributed by atoms with van der Waals surface area (Å²) < 4.78 is 164. The first-order chi connectivity index (χ1) is 24.3. The van der Waals surface area contributed by atoms with Crippen LogP contribution in [0.4, 0.5) is 57.1 Å². The van der Waals surface area contributed by atoms with Gasteiger partial charge in [0.15, 0.2) is 46.5 Å². The van der Waals surface area contributed by atoms with Gasteiger partial charge in [0.1, 0.15) is 29.1 Å². The molecule has 0 unspecified atom stereocenters. The molecule has 0 aliphatic carbocycles. The largest absolute Gasteiger partial charge is 0.207 e. The zero-order chi connectivity index (χ0) is 41.2. The number of hydrogen-bond donors (Lipinski definition) is 0. The fraction of sp³-hybridized carbons (Fsp3) is 0.250. The molecule has 0 aromatic heterocycles. The molecule has 53 heavy (non-hydrogen) atoms. The van der Waals surface area contributed by atoms with Gasteiger partial charge in [-0.1, -0.05) is 12.1 Å². The normalized spacial score (nSPS) is 10.2. The highest BCUT2D eigenvalue weighted by molar-refractivity contribution is 5.29. The SMILES string of the molecule is Cc1c(F)c(F)c(C)c(F)c1F.Cc1cc(F)c(C)c(F)c1.Cc1cc(F)c(C)c(F)c1F.Cc1cc(F)c(C)cc1F.Cc1ccc(C)c(F)c1F. The Labute approximate surface area is 299 Å². The van der Waals surface area contributed by atoms with Crippen LogP contribution in [-0.4, -0.2) is 0 Å². The molecule has 5 rings (SSSR count). The molecule has 5 aromatic carbocycles. The van der Waals surface area contributed by atoms with Gasteiger partial charge in [-0.3, -0.25) is 0 Å². The van der Waals surface area contributed by atoms with Crippen molar-refractivity contribution >= 4 is 0 Å². The van der Waals surface area contributed by atoms with Crippen LogP contribution in [0.15, 0.2) is 42.5 Å². The van der Waals surface area contributed by atoms with E-state index >= 15 is 0 Å². The lowest BCUT2D eigenvalue weighted by Gasteiger charge is -2.04. The number of halogens is 13. The van der Waals surface area contributed by atoms with E-state index in [9.17, 15) is 57.1 Å². The molecule has 0 aliphatic rings. The Hall–Kier alpha value is -4.81. The lowest BCUT2D eigenvalue weighted by molar-refractivity contribution is 0.436. The van der Waals surface area contributed by atoms with Gasteiger partial charge in [0.25, 0.3) is 0 Å². The first-order valence-corrected chi connectivity index (χ1v) is 15.5. The topological polar surface area (TPSA) is 0 Å². The predicted octanol–water partition coefficient (Wildman–Crippen LogP) is 13.3. The van der Waals surface area contributed by atoms with Crippen LogP contribution in [0.3, 0.4) is 0 Å². The number of benzene rings is 5. The third-order valence-electron chi connectivity index (χ3n) is 7.61. The van der Waals surface area contributed by atoms with Crippen molar-refractivity contribution in [3.8, 4) is 0 Å². The molecule has 0 saturated heterocycles. The Balaban J connectivity index is 0.000000332. The molecule has 0 atom stereocenters. The third-order valence-corrected chi connectivity index (χ3v) is 7.61. The molecule has 0 nitrogen and oxygen atoms in total. The van der Waals surface area contributed by atoms with E-state index in [0.29, 0.717) is 27.8 Å². The average Bonchev–Trinajstić information content (AvgIpc) is 3.10. The summed E-state index contributed by atoms with van der Waals surface area (Å²) in [4.78, 5) is 0. The van der Waals surface area contributed by atoms with Crippen molar-refractivity contribution in [3.05, 3.63) is 174 Å². The maximum absolute atomic E-state index is 12.7. The van der Waals surface area contributed by atoms with E-state index < -0.39 is 75.1 Å². The number of hydrogen-bond acceptors (Lipinski definition) is 0. The van der Waals surface area contributed by atoms with Crippen LogP contribution in [-0.2, 0) is 0 Å². The Kier molecular flexibility index (Phi) is 17.3. The molecule has 0 saturated carbocycles. The van der Waals surface area contributed by atoms with Crippen molar-refractivity contribution in [1.82, 2.24) is 0 Å². The summed E-state index contributed by atoms with van der Waals surface area (Å²) in [5.41, 5.74) is 0.563. The summed E-state index contributed by atoms with van der Waals surface area (Å²) in [7, 11) is 0. The Morgan fingerprint density at radius 3 is 0.849 bits per heavy atom. The molecule has 0 amide bonds. The van der Waals surface area contributed by atoms with Crippen molar-refractivity contribution in [2.24, 2.45) is 0 Å². The highest BCUT2D eigenvalue weighted by atomic mass is 19.2. The van der Waals surface area contributed by atoms with Crippen LogP contribution in [0.1, 0.15) is 55.6 Å². The van der Waals surface area contributed by atoms with Crippen LogP contribution in [0.5, 0.6) is 0 Å². The monoisotopic (exact) mass is 764 g/mol. The molecule has 0 radical (unpaired) electrons. The standard InChI is InChI=1S/C8H6F4.C8H7F3.3C8H8F2/c1-3-5(9)7(11)4(2)8(12)6(3)10;1-4-3-6(9)5(2)8(11)7(4)10;1-5-3-8(10)6(2)4-7(5)9;1-5-3-7(9)6(2)8(10)4-5;1-5-3-4-6(2)8(10)7(5)9/h1-2H3;3H,1-2H3;3*3-4H,1-2H3. The second-order valence-electron chi connectivity index (χ2n) is 12.0. The Morgan fingerprint density at radius 1 is 0.245 bits per heavy atom. The van der Waals surface area contributed by atoms with Gasteiger partial charge in [-0.15, -0.1) is 0 Å². The van der Waals surface area contributed by atoms with Crippen LogP contribution >= 0.6 is 0 Å². The molecular formula is C40H37F13. The minimum absolute atomic E-state index is 0.00870. The van der Waals surface area contributed by atoms with Crippen molar-refractivity contribution in [2.75, 3.05) is 0 Å². The second kappa shape index (κ2) is 19.9. The van der Waals surface area contributed by atoms with Gasteiger partial charge in [0.2, 0.25) is 0 Å². The highest BCUT2D eigenvalue weighted by Gasteiger charge is 2.19. The van der Waals surface area contributed by atoms with Gasteiger partial charge in [0, 0.05) is 22.3 Å². The number of aryl methyl sites for hydroxylation is 6.